The molecule has 4 aliphatic heterocycles. The molecule has 4 amide bonds. The number of nitrogens with one attached hydrogen (secondary N) is 2. The number of halogens is 3. The van der Waals surface area contributed by atoms with Gasteiger partial charge in [0.05, 0.1) is 53.8 Å². The van der Waals surface area contributed by atoms with Gasteiger partial charge in [-0.1, -0.05) is 20.4 Å². The lowest BCUT2D eigenvalue weighted by Gasteiger charge is -2.48. The summed E-state index contributed by atoms with van der Waals surface area (Å²) in [6.45, 7) is 15.9. The van der Waals surface area contributed by atoms with Gasteiger partial charge in [-0.25, -0.2) is 19.9 Å². The van der Waals surface area contributed by atoms with Crippen LogP contribution in [-0.2, 0) is 37.0 Å². The molecule has 404 valence electrons. The number of benzene rings is 2. The number of imide groups is 1. The van der Waals surface area contributed by atoms with Crippen LogP contribution in [0.25, 0.3) is 11.3 Å². The van der Waals surface area contributed by atoms with Crippen LogP contribution in [0.5, 0.6) is 5.88 Å². The van der Waals surface area contributed by atoms with Crippen molar-refractivity contribution < 1.29 is 42.2 Å². The Kier molecular flexibility index (Phi) is 13.3. The predicted octanol–water partition coefficient (Wildman–Crippen LogP) is 8.28. The van der Waals surface area contributed by atoms with Crippen molar-refractivity contribution >= 4 is 63.7 Å². The monoisotopic (exact) mass is 1060 g/mol. The number of anilines is 7. The highest BCUT2D eigenvalue weighted by molar-refractivity contribution is 6.34. The maximum absolute atomic E-state index is 14.1. The fourth-order valence-electron chi connectivity index (χ4n) is 12.1. The van der Waals surface area contributed by atoms with Gasteiger partial charge < -0.3 is 34.8 Å². The molecule has 0 saturated carbocycles. The predicted molar refractivity (Wildman–Crippen MR) is 289 cm³/mol. The molecule has 11 rings (SSSR count). The number of aliphatic hydroxyl groups is 1. The van der Waals surface area contributed by atoms with Crippen LogP contribution in [0.4, 0.5) is 53.2 Å². The van der Waals surface area contributed by atoms with Crippen molar-refractivity contribution in [3.63, 3.8) is 0 Å². The second kappa shape index (κ2) is 20.0. The van der Waals surface area contributed by atoms with E-state index in [4.69, 9.17) is 9.72 Å². The fraction of sp³-hybridized carbons (Fsp3) is 0.368. The highest BCUT2D eigenvalue weighted by Gasteiger charge is 2.42. The number of methoxy groups -OCH3 is 1. The number of nitrogens with zero attached hydrogens (tertiary/aromatic N) is 10. The van der Waals surface area contributed by atoms with Gasteiger partial charge in [-0.15, -0.1) is 0 Å². The largest absolute Gasteiger partial charge is 0.478 e. The molecular formula is C57H59F3N12O6. The molecule has 78 heavy (non-hydrogen) atoms. The quantitative estimate of drug-likeness (QED) is 0.0783. The number of rotatable bonds is 12. The zero-order valence-electron chi connectivity index (χ0n) is 43.9. The third-order valence-electron chi connectivity index (χ3n) is 15.8. The summed E-state index contributed by atoms with van der Waals surface area (Å²) in [5, 5.41) is 17.2. The number of fused-ring (bicyclic) bond motifs is 4. The lowest BCUT2D eigenvalue weighted by Crippen LogP contribution is -2.58. The van der Waals surface area contributed by atoms with E-state index in [-0.39, 0.29) is 63.9 Å². The molecule has 1 aliphatic carbocycles. The van der Waals surface area contributed by atoms with Crippen LogP contribution >= 0.6 is 0 Å². The normalized spacial score (nSPS) is 20.2. The molecule has 1 unspecified atom stereocenters. The van der Waals surface area contributed by atoms with E-state index in [1.165, 1.54) is 30.5 Å². The maximum Gasteiger partial charge on any atom is 0.433 e. The number of ether oxygens (including phenoxy) is 1. The Balaban J connectivity index is 0.771. The molecule has 21 heteroatoms. The van der Waals surface area contributed by atoms with Crippen molar-refractivity contribution in [3.05, 3.63) is 131 Å². The molecule has 3 N–H and O–H groups in total. The van der Waals surface area contributed by atoms with Crippen LogP contribution in [0.3, 0.4) is 0 Å². The Labute approximate surface area is 448 Å². The van der Waals surface area contributed by atoms with E-state index >= 15 is 0 Å². The van der Waals surface area contributed by atoms with Crippen LogP contribution in [0, 0.1) is 5.41 Å². The third-order valence-corrected chi connectivity index (χ3v) is 15.8. The van der Waals surface area contributed by atoms with E-state index in [1.54, 1.807) is 41.6 Å². The average molecular weight is 1070 g/mol. The van der Waals surface area contributed by atoms with E-state index in [2.05, 4.69) is 79.1 Å². The summed E-state index contributed by atoms with van der Waals surface area (Å²) < 4.78 is 48.2. The molecule has 2 saturated heterocycles. The van der Waals surface area contributed by atoms with Crippen molar-refractivity contribution in [2.75, 3.05) is 70.1 Å². The third kappa shape index (κ3) is 9.37. The number of hydrogen-bond donors (Lipinski definition) is 3. The van der Waals surface area contributed by atoms with E-state index < -0.39 is 30.3 Å². The van der Waals surface area contributed by atoms with Gasteiger partial charge in [0.1, 0.15) is 17.2 Å². The van der Waals surface area contributed by atoms with Crippen molar-refractivity contribution in [3.8, 4) is 17.1 Å². The summed E-state index contributed by atoms with van der Waals surface area (Å²) in [5.74, 6) is -1.10. The molecule has 6 aromatic rings. The zero-order valence-corrected chi connectivity index (χ0v) is 43.9. The molecule has 18 nitrogen and oxygen atoms in total. The second-order valence-corrected chi connectivity index (χ2v) is 21.4. The van der Waals surface area contributed by atoms with Gasteiger partial charge in [0.15, 0.2) is 5.82 Å². The topological polar surface area (TPSA) is 194 Å². The maximum atomic E-state index is 14.1. The lowest BCUT2D eigenvalue weighted by atomic mass is 9.90. The number of carbonyl (C=O) groups excluding carboxylic acids is 4. The first kappa shape index (κ1) is 51.9. The van der Waals surface area contributed by atoms with Crippen molar-refractivity contribution in [2.24, 2.45) is 5.41 Å². The van der Waals surface area contributed by atoms with E-state index in [1.807, 2.05) is 24.3 Å². The van der Waals surface area contributed by atoms with Gasteiger partial charge >= 0.3 is 6.18 Å². The number of carbonyl (C=O) groups is 4. The number of aromatic nitrogens is 5. The van der Waals surface area contributed by atoms with Crippen molar-refractivity contribution in [1.82, 2.24) is 29.4 Å². The second-order valence-electron chi connectivity index (χ2n) is 21.4. The van der Waals surface area contributed by atoms with Gasteiger partial charge in [0.25, 0.3) is 23.6 Å². The fourth-order valence-corrected chi connectivity index (χ4v) is 12.1. The number of piperidine rings is 1. The van der Waals surface area contributed by atoms with Gasteiger partial charge in [0, 0.05) is 98.0 Å². The molecule has 5 aliphatic rings. The Morgan fingerprint density at radius 2 is 1.65 bits per heavy atom. The molecule has 0 spiro atoms. The van der Waals surface area contributed by atoms with Crippen LogP contribution < -0.4 is 35.0 Å². The summed E-state index contributed by atoms with van der Waals surface area (Å²) in [4.78, 5) is 80.9. The molecule has 4 aromatic heterocycles. The summed E-state index contributed by atoms with van der Waals surface area (Å²) in [6.07, 6.45) is 4.04. The Bertz CT molecular complexity index is 3430. The van der Waals surface area contributed by atoms with Crippen molar-refractivity contribution in [1.29, 1.82) is 0 Å². The number of amides is 4. The van der Waals surface area contributed by atoms with E-state index in [0.29, 0.717) is 72.0 Å². The number of hydrogen-bond acceptors (Lipinski definition) is 14. The number of aliphatic hydroxyl groups excluding tert-OH is 1. The minimum absolute atomic E-state index is 0.0358. The average Bonchev–Trinajstić information content (AvgIpc) is 4.25. The molecular weight excluding hydrogens is 1010 g/mol. The van der Waals surface area contributed by atoms with Gasteiger partial charge in [0.2, 0.25) is 5.91 Å². The molecule has 2 aromatic carbocycles. The Morgan fingerprint density at radius 3 is 2.40 bits per heavy atom. The summed E-state index contributed by atoms with van der Waals surface area (Å²) >= 11 is 0. The summed E-state index contributed by atoms with van der Waals surface area (Å²) in [5.41, 5.74) is 6.17. The zero-order chi connectivity index (χ0) is 54.9. The molecule has 0 bridgehead atoms. The number of alkyl halides is 3. The lowest BCUT2D eigenvalue weighted by molar-refractivity contribution is -0.141. The van der Waals surface area contributed by atoms with Gasteiger partial charge in [-0.2, -0.15) is 13.2 Å². The minimum Gasteiger partial charge on any atom is -0.478 e. The van der Waals surface area contributed by atoms with Gasteiger partial charge in [-0.05, 0) is 117 Å². The smallest absolute Gasteiger partial charge is 0.433 e. The van der Waals surface area contributed by atoms with Crippen LogP contribution in [-0.4, -0.2) is 116 Å². The molecule has 8 heterocycles. The van der Waals surface area contributed by atoms with Crippen LogP contribution in [0.15, 0.2) is 91.9 Å². The molecule has 2 fully saturated rings. The molecule has 0 radical (unpaired) electrons. The first-order valence-corrected chi connectivity index (χ1v) is 26.1. The van der Waals surface area contributed by atoms with Crippen LogP contribution in [0.2, 0.25) is 0 Å². The standard InChI is InChI=1S/C57H59F3N12O6/c1-7-49(74)65-43-24-35(64-50-52(78-6)63-29-44(66-50)39-13-16-62-51(42(39)31-73)71-21-20-70-46(55(71)77)23-34-27-56(4,5)28-47(34)70)8-11-45(43)69-19-18-67(30-33(69)3)36-14-17-68(32(2)22-36)37-9-10-40-41(25-37)54(76)72(53(40)75)38-12-15-61-48(26-38)57(58,59)60/h7-13,15-16,23-26,29,32-33,36,73H,1,14,17-22,27-28,30-31H2,2-6H3,(H,64,66)(H,65,74)/t32-,33-,36?/m0/s1. The van der Waals surface area contributed by atoms with Gasteiger partial charge in [-0.3, -0.25) is 34.0 Å². The highest BCUT2D eigenvalue weighted by atomic mass is 19.4. The van der Waals surface area contributed by atoms with Crippen molar-refractivity contribution in [2.45, 2.75) is 90.8 Å². The van der Waals surface area contributed by atoms with E-state index in [0.717, 1.165) is 61.2 Å². The van der Waals surface area contributed by atoms with E-state index in [9.17, 15) is 37.5 Å². The first-order chi connectivity index (χ1) is 37.3. The number of pyridine rings is 2. The number of piperazine rings is 1. The summed E-state index contributed by atoms with van der Waals surface area (Å²) in [6, 6.07) is 16.7. The molecule has 3 atom stereocenters. The first-order valence-electron chi connectivity index (χ1n) is 26.1. The summed E-state index contributed by atoms with van der Waals surface area (Å²) in [7, 11) is 1.49. The van der Waals surface area contributed by atoms with Crippen LogP contribution in [0.1, 0.15) is 94.3 Å². The Morgan fingerprint density at radius 1 is 0.859 bits per heavy atom. The highest BCUT2D eigenvalue weighted by Crippen LogP contribution is 2.42. The Hall–Kier alpha value is -8.17. The SMILES string of the molecule is C=CC(=O)Nc1cc(Nc2nc(-c3ccnc(N4CCn5c(cc6c5CC(C)(C)C6)C4=O)c3CO)cnc2OC)ccc1N1CCN(C2CCN(c3ccc4c(c3)C(=O)N(c3ccnc(C(F)(F)F)c3)C4=O)[C@@H](C)C2)C[C@@H]1C. The minimum atomic E-state index is -4.74.